The van der Waals surface area contributed by atoms with Gasteiger partial charge >= 0.3 is 0 Å². The van der Waals surface area contributed by atoms with Gasteiger partial charge in [0.25, 0.3) is 0 Å². The van der Waals surface area contributed by atoms with E-state index in [1.807, 2.05) is 19.3 Å². The van der Waals surface area contributed by atoms with Gasteiger partial charge in [-0.05, 0) is 19.0 Å². The normalized spacial score (nSPS) is 12.8. The Kier molecular flexibility index (Phi) is 5.21. The highest BCUT2D eigenvalue weighted by molar-refractivity contribution is 7.20. The van der Waals surface area contributed by atoms with Gasteiger partial charge in [-0.15, -0.1) is 16.4 Å². The lowest BCUT2D eigenvalue weighted by Crippen LogP contribution is -2.24. The van der Waals surface area contributed by atoms with E-state index in [9.17, 15) is 0 Å². The first-order valence-electron chi connectivity index (χ1n) is 6.13. The molecule has 1 N–H and O–H groups in total. The van der Waals surface area contributed by atoms with Crippen LogP contribution in [0.2, 0.25) is 8.67 Å². The zero-order valence-corrected chi connectivity index (χ0v) is 13.2. The van der Waals surface area contributed by atoms with Crippen LogP contribution in [0.4, 0.5) is 0 Å². The average molecular weight is 319 g/mol. The van der Waals surface area contributed by atoms with Gasteiger partial charge in [-0.3, -0.25) is 4.68 Å². The zero-order valence-electron chi connectivity index (χ0n) is 10.9. The minimum absolute atomic E-state index is 0.118. The van der Waals surface area contributed by atoms with Crippen LogP contribution in [0.1, 0.15) is 30.6 Å². The van der Waals surface area contributed by atoms with Crippen molar-refractivity contribution in [2.75, 3.05) is 6.54 Å². The minimum atomic E-state index is 0.118. The number of thiophene rings is 1. The molecule has 0 bridgehead atoms. The molecule has 2 aromatic heterocycles. The molecular weight excluding hydrogens is 303 g/mol. The molecule has 0 fully saturated rings. The molecule has 19 heavy (non-hydrogen) atoms. The van der Waals surface area contributed by atoms with E-state index in [0.29, 0.717) is 4.34 Å². The van der Waals surface area contributed by atoms with Gasteiger partial charge in [0.15, 0.2) is 0 Å². The predicted octanol–water partition coefficient (Wildman–Crippen LogP) is 3.47. The number of nitrogens with one attached hydrogen (secondary N) is 1. The van der Waals surface area contributed by atoms with Crippen LogP contribution in [0.3, 0.4) is 0 Å². The van der Waals surface area contributed by atoms with E-state index in [-0.39, 0.29) is 6.04 Å². The van der Waals surface area contributed by atoms with Crippen LogP contribution in [0.5, 0.6) is 0 Å². The number of aryl methyl sites for hydroxylation is 1. The van der Waals surface area contributed by atoms with E-state index in [0.717, 1.165) is 35.0 Å². The Labute approximate surface area is 126 Å². The molecule has 1 unspecified atom stereocenters. The van der Waals surface area contributed by atoms with Crippen LogP contribution in [-0.4, -0.2) is 21.5 Å². The maximum Gasteiger partial charge on any atom is 0.0992 e. The molecule has 7 heteroatoms. The zero-order chi connectivity index (χ0) is 13.8. The van der Waals surface area contributed by atoms with Crippen molar-refractivity contribution in [3.8, 4) is 0 Å². The first kappa shape index (κ1) is 14.8. The van der Waals surface area contributed by atoms with E-state index in [4.69, 9.17) is 23.2 Å². The second-order valence-electron chi connectivity index (χ2n) is 4.37. The van der Waals surface area contributed by atoms with Gasteiger partial charge in [0.2, 0.25) is 0 Å². The Morgan fingerprint density at radius 3 is 2.79 bits per heavy atom. The summed E-state index contributed by atoms with van der Waals surface area (Å²) >= 11 is 13.7. The van der Waals surface area contributed by atoms with E-state index >= 15 is 0 Å². The quantitative estimate of drug-likeness (QED) is 0.886. The molecule has 0 aliphatic heterocycles. The smallest absolute Gasteiger partial charge is 0.0992 e. The van der Waals surface area contributed by atoms with Crippen LogP contribution in [0, 0.1) is 0 Å². The predicted molar refractivity (Wildman–Crippen MR) is 80.1 cm³/mol. The van der Waals surface area contributed by atoms with Gasteiger partial charge in [0, 0.05) is 31.3 Å². The summed E-state index contributed by atoms with van der Waals surface area (Å²) in [7, 11) is 1.86. The third-order valence-corrected chi connectivity index (χ3v) is 4.28. The van der Waals surface area contributed by atoms with Gasteiger partial charge in [-0.1, -0.05) is 35.3 Å². The summed E-state index contributed by atoms with van der Waals surface area (Å²) in [6.45, 7) is 3.06. The monoisotopic (exact) mass is 318 g/mol. The van der Waals surface area contributed by atoms with Gasteiger partial charge in [0.05, 0.1) is 14.4 Å². The van der Waals surface area contributed by atoms with Crippen LogP contribution in [0.15, 0.2) is 12.3 Å². The average Bonchev–Trinajstić information content (AvgIpc) is 2.91. The van der Waals surface area contributed by atoms with E-state index < -0.39 is 0 Å². The summed E-state index contributed by atoms with van der Waals surface area (Å²) in [5, 5.41) is 11.6. The standard InChI is InChI=1S/C12H16Cl2N4S/c1-3-4-15-10(5-8-7-18(2)17-16-8)9-6-11(13)19-12(9)14/h6-7,10,15H,3-5H2,1-2H3. The number of hydrogen-bond donors (Lipinski definition) is 1. The lowest BCUT2D eigenvalue weighted by atomic mass is 10.1. The molecular formula is C12H16Cl2N4S. The Hall–Kier alpha value is -0.620. The highest BCUT2D eigenvalue weighted by atomic mass is 35.5. The summed E-state index contributed by atoms with van der Waals surface area (Å²) < 4.78 is 3.15. The Bertz CT molecular complexity index is 538. The fourth-order valence-corrected chi connectivity index (χ4v) is 3.48. The van der Waals surface area contributed by atoms with Gasteiger partial charge in [-0.2, -0.15) is 0 Å². The molecule has 0 aliphatic carbocycles. The molecule has 104 valence electrons. The van der Waals surface area contributed by atoms with Crippen molar-refractivity contribution in [3.05, 3.63) is 32.2 Å². The summed E-state index contributed by atoms with van der Waals surface area (Å²) in [4.78, 5) is 0. The maximum atomic E-state index is 6.24. The number of nitrogens with zero attached hydrogens (tertiary/aromatic N) is 3. The molecule has 1 atom stereocenters. The van der Waals surface area contributed by atoms with Crippen molar-refractivity contribution < 1.29 is 0 Å². The molecule has 0 amide bonds. The van der Waals surface area contributed by atoms with Crippen molar-refractivity contribution in [1.82, 2.24) is 20.3 Å². The number of halogens is 2. The second-order valence-corrected chi connectivity index (χ2v) is 6.66. The first-order valence-corrected chi connectivity index (χ1v) is 7.70. The van der Waals surface area contributed by atoms with Gasteiger partial charge < -0.3 is 5.32 Å². The molecule has 0 spiro atoms. The van der Waals surface area contributed by atoms with Crippen LogP contribution < -0.4 is 5.32 Å². The Morgan fingerprint density at radius 2 is 2.26 bits per heavy atom. The summed E-state index contributed by atoms with van der Waals surface area (Å²) in [6.07, 6.45) is 3.73. The molecule has 0 radical (unpaired) electrons. The molecule has 0 saturated heterocycles. The van der Waals surface area contributed by atoms with Crippen molar-refractivity contribution >= 4 is 34.5 Å². The number of hydrogen-bond acceptors (Lipinski definition) is 4. The number of rotatable bonds is 6. The van der Waals surface area contributed by atoms with Crippen LogP contribution >= 0.6 is 34.5 Å². The summed E-state index contributed by atoms with van der Waals surface area (Å²) in [5.41, 5.74) is 1.98. The van der Waals surface area contributed by atoms with Crippen molar-refractivity contribution in [1.29, 1.82) is 0 Å². The van der Waals surface area contributed by atoms with E-state index in [1.54, 1.807) is 4.68 Å². The Balaban J connectivity index is 2.18. The maximum absolute atomic E-state index is 6.24. The van der Waals surface area contributed by atoms with Gasteiger partial charge in [-0.25, -0.2) is 0 Å². The van der Waals surface area contributed by atoms with Crippen molar-refractivity contribution in [2.24, 2.45) is 7.05 Å². The third-order valence-electron chi connectivity index (χ3n) is 2.76. The second kappa shape index (κ2) is 6.70. The van der Waals surface area contributed by atoms with E-state index in [1.165, 1.54) is 11.3 Å². The fraction of sp³-hybridized carbons (Fsp3) is 0.500. The van der Waals surface area contributed by atoms with Gasteiger partial charge in [0.1, 0.15) is 0 Å². The lowest BCUT2D eigenvalue weighted by Gasteiger charge is -2.16. The number of aromatic nitrogens is 3. The molecule has 0 aliphatic rings. The van der Waals surface area contributed by atoms with E-state index in [2.05, 4.69) is 22.6 Å². The lowest BCUT2D eigenvalue weighted by molar-refractivity contribution is 0.525. The minimum Gasteiger partial charge on any atom is -0.310 e. The third kappa shape index (κ3) is 3.92. The molecule has 2 rings (SSSR count). The highest BCUT2D eigenvalue weighted by Gasteiger charge is 2.18. The van der Waals surface area contributed by atoms with Crippen LogP contribution in [0.25, 0.3) is 0 Å². The first-order chi connectivity index (χ1) is 9.10. The summed E-state index contributed by atoms with van der Waals surface area (Å²) in [5.74, 6) is 0. The molecule has 2 heterocycles. The Morgan fingerprint density at radius 1 is 1.47 bits per heavy atom. The SMILES string of the molecule is CCCNC(Cc1cn(C)nn1)c1cc(Cl)sc1Cl. The topological polar surface area (TPSA) is 42.7 Å². The fourth-order valence-electron chi connectivity index (χ4n) is 1.90. The molecule has 4 nitrogen and oxygen atoms in total. The van der Waals surface area contributed by atoms with Crippen molar-refractivity contribution in [2.45, 2.75) is 25.8 Å². The summed E-state index contributed by atoms with van der Waals surface area (Å²) in [6, 6.07) is 2.05. The molecule has 0 saturated carbocycles. The molecule has 2 aromatic rings. The largest absolute Gasteiger partial charge is 0.310 e. The van der Waals surface area contributed by atoms with Crippen molar-refractivity contribution in [3.63, 3.8) is 0 Å². The molecule has 0 aromatic carbocycles. The highest BCUT2D eigenvalue weighted by Crippen LogP contribution is 2.36. The van der Waals surface area contributed by atoms with Crippen LogP contribution in [-0.2, 0) is 13.5 Å².